The highest BCUT2D eigenvalue weighted by Gasteiger charge is 2.30. The summed E-state index contributed by atoms with van der Waals surface area (Å²) in [6.45, 7) is 4.61. The Hall–Kier alpha value is -4.80. The van der Waals surface area contributed by atoms with Crippen molar-refractivity contribution in [2.24, 2.45) is 0 Å². The number of esters is 4. The van der Waals surface area contributed by atoms with E-state index in [1.54, 1.807) is 0 Å². The highest BCUT2D eigenvalue weighted by Crippen LogP contribution is 2.45. The van der Waals surface area contributed by atoms with Crippen LogP contribution in [0.3, 0.4) is 0 Å². The van der Waals surface area contributed by atoms with Crippen LogP contribution < -0.4 is 0 Å². The molecule has 0 saturated heterocycles. The van der Waals surface area contributed by atoms with Gasteiger partial charge in [-0.1, -0.05) is 283 Å². The average molecular weight is 1530 g/mol. The van der Waals surface area contributed by atoms with Gasteiger partial charge >= 0.3 is 39.5 Å². The van der Waals surface area contributed by atoms with Gasteiger partial charge in [-0.3, -0.25) is 37.3 Å². The number of aliphatic hydroxyl groups is 1. The zero-order valence-electron chi connectivity index (χ0n) is 66.6. The Labute approximate surface area is 644 Å². The third-order valence-corrected chi connectivity index (χ3v) is 19.0. The third-order valence-electron chi connectivity index (χ3n) is 17.0. The van der Waals surface area contributed by atoms with Crippen molar-refractivity contribution >= 4 is 39.5 Å². The molecule has 5 unspecified atom stereocenters. The predicted molar refractivity (Wildman–Crippen MR) is 436 cm³/mol. The lowest BCUT2D eigenvalue weighted by Crippen LogP contribution is -2.30. The van der Waals surface area contributed by atoms with E-state index in [1.165, 1.54) is 57.8 Å². The normalized spacial score (nSPS) is 14.5. The van der Waals surface area contributed by atoms with Crippen LogP contribution in [0.5, 0.6) is 0 Å². The topological polar surface area (TPSA) is 237 Å². The minimum Gasteiger partial charge on any atom is -0.462 e. The second kappa shape index (κ2) is 78.3. The van der Waals surface area contributed by atoms with Gasteiger partial charge in [0.15, 0.2) is 12.2 Å². The van der Waals surface area contributed by atoms with Crippen LogP contribution in [0.15, 0.2) is 134 Å². The number of carbonyl (C=O) groups excluding carboxylic acids is 4. The van der Waals surface area contributed by atoms with Gasteiger partial charge in [-0.15, -0.1) is 0 Å². The Morgan fingerprint density at radius 1 is 0.274 bits per heavy atom. The first kappa shape index (κ1) is 101. The Kier molecular flexibility index (Phi) is 74.8. The number of phosphoric ester groups is 2. The van der Waals surface area contributed by atoms with Crippen molar-refractivity contribution in [1.29, 1.82) is 0 Å². The first-order valence-electron chi connectivity index (χ1n) is 41.4. The maximum absolute atomic E-state index is 13.1. The second-order valence-corrected chi connectivity index (χ2v) is 30.2. The number of rotatable bonds is 77. The van der Waals surface area contributed by atoms with E-state index in [1.807, 2.05) is 0 Å². The van der Waals surface area contributed by atoms with Gasteiger partial charge in [-0.05, 0) is 161 Å². The van der Waals surface area contributed by atoms with Crippen LogP contribution in [0.2, 0.25) is 0 Å². The molecule has 0 amide bonds. The van der Waals surface area contributed by atoms with E-state index in [4.69, 9.17) is 37.0 Å². The van der Waals surface area contributed by atoms with Crippen LogP contribution in [0, 0.1) is 0 Å². The summed E-state index contributed by atoms with van der Waals surface area (Å²) in [5.74, 6) is -2.24. The zero-order chi connectivity index (χ0) is 77.4. The Bertz CT molecular complexity index is 2530. The van der Waals surface area contributed by atoms with Crippen molar-refractivity contribution in [2.45, 2.75) is 354 Å². The molecule has 3 N–H and O–H groups in total. The summed E-state index contributed by atoms with van der Waals surface area (Å²) in [4.78, 5) is 73.1. The number of aliphatic hydroxyl groups excluding tert-OH is 1. The third kappa shape index (κ3) is 77.4. The highest BCUT2D eigenvalue weighted by atomic mass is 31.2. The molecule has 0 rings (SSSR count). The van der Waals surface area contributed by atoms with E-state index in [0.717, 1.165) is 199 Å². The maximum atomic E-state index is 13.1. The summed E-state index contributed by atoms with van der Waals surface area (Å²) in [6, 6.07) is 0. The van der Waals surface area contributed by atoms with Crippen molar-refractivity contribution in [3.63, 3.8) is 0 Å². The molecule has 17 nitrogen and oxygen atoms in total. The van der Waals surface area contributed by atoms with Crippen molar-refractivity contribution < 1.29 is 80.2 Å². The van der Waals surface area contributed by atoms with Gasteiger partial charge in [0, 0.05) is 25.7 Å². The molecule has 0 heterocycles. The van der Waals surface area contributed by atoms with Crippen molar-refractivity contribution in [2.75, 3.05) is 39.6 Å². The van der Waals surface area contributed by atoms with Gasteiger partial charge in [0.1, 0.15) is 19.3 Å². The monoisotopic (exact) mass is 1530 g/mol. The molecule has 0 aliphatic rings. The van der Waals surface area contributed by atoms with E-state index in [-0.39, 0.29) is 25.7 Å². The number of phosphoric acid groups is 2. The maximum Gasteiger partial charge on any atom is 0.472 e. The molecule has 0 aliphatic heterocycles. The van der Waals surface area contributed by atoms with Gasteiger partial charge < -0.3 is 33.8 Å². The molecule has 0 aromatic heterocycles. The SMILES string of the molecule is CC/C=C\C/C=C\C/C=C\C/C=C\C/C=C\CCCCCC(=O)OCC(COP(=O)(O)OCC(O)COP(=O)(O)OCC(COC(=O)CCCCCCCC/C=C\C/C=C\C/C=C\CCCCC)OC(=O)CCCCCCC/C=C\C/C=C\CCC)OC(=O)CCCCCCC/C=C\CCCCCCCC. The number of ether oxygens (including phenoxy) is 4. The largest absolute Gasteiger partial charge is 0.472 e. The lowest BCUT2D eigenvalue weighted by molar-refractivity contribution is -0.161. The fourth-order valence-electron chi connectivity index (χ4n) is 10.8. The minimum atomic E-state index is -4.99. The molecule has 0 bridgehead atoms. The lowest BCUT2D eigenvalue weighted by Gasteiger charge is -2.21. The summed E-state index contributed by atoms with van der Waals surface area (Å²) in [5.41, 5.74) is 0. The van der Waals surface area contributed by atoms with Crippen LogP contribution in [0.25, 0.3) is 0 Å². The van der Waals surface area contributed by atoms with Crippen molar-refractivity contribution in [1.82, 2.24) is 0 Å². The smallest absolute Gasteiger partial charge is 0.462 e. The Balaban J connectivity index is 5.40. The molecule has 0 fully saturated rings. The van der Waals surface area contributed by atoms with Crippen LogP contribution in [0.1, 0.15) is 336 Å². The quantitative estimate of drug-likeness (QED) is 0.0169. The van der Waals surface area contributed by atoms with E-state index in [0.29, 0.717) is 25.7 Å². The first-order valence-corrected chi connectivity index (χ1v) is 44.4. The zero-order valence-corrected chi connectivity index (χ0v) is 68.4. The van der Waals surface area contributed by atoms with Gasteiger partial charge in [-0.2, -0.15) is 0 Å². The van der Waals surface area contributed by atoms with Gasteiger partial charge in [0.25, 0.3) is 0 Å². The predicted octanol–water partition coefficient (Wildman–Crippen LogP) is 24.4. The van der Waals surface area contributed by atoms with Crippen molar-refractivity contribution in [3.8, 4) is 0 Å². The molecule has 106 heavy (non-hydrogen) atoms. The lowest BCUT2D eigenvalue weighted by atomic mass is 10.1. The van der Waals surface area contributed by atoms with Gasteiger partial charge in [0.2, 0.25) is 0 Å². The summed E-state index contributed by atoms with van der Waals surface area (Å²) in [5, 5.41) is 10.7. The number of unbranched alkanes of at least 4 members (excludes halogenated alkanes) is 29. The van der Waals surface area contributed by atoms with Crippen LogP contribution in [-0.4, -0.2) is 96.7 Å². The number of allylic oxidation sites excluding steroid dienone is 22. The summed E-state index contributed by atoms with van der Waals surface area (Å²) in [6.07, 6.45) is 88.5. The highest BCUT2D eigenvalue weighted by molar-refractivity contribution is 7.47. The fraction of sp³-hybridized carbons (Fsp3) is 0.701. The summed E-state index contributed by atoms with van der Waals surface area (Å²) >= 11 is 0. The Morgan fingerprint density at radius 2 is 0.509 bits per heavy atom. The molecule has 5 atom stereocenters. The van der Waals surface area contributed by atoms with Crippen LogP contribution in [0.4, 0.5) is 0 Å². The minimum absolute atomic E-state index is 0.0725. The molecular formula is C87H148O17P2. The number of hydrogen-bond acceptors (Lipinski definition) is 15. The van der Waals surface area contributed by atoms with Crippen LogP contribution >= 0.6 is 15.6 Å². The van der Waals surface area contributed by atoms with E-state index in [2.05, 4.69) is 161 Å². The molecule has 0 radical (unpaired) electrons. The molecule has 0 aromatic rings. The molecule has 0 spiro atoms. The van der Waals surface area contributed by atoms with E-state index < -0.39 is 97.5 Å². The van der Waals surface area contributed by atoms with Crippen molar-refractivity contribution in [3.05, 3.63) is 134 Å². The standard InChI is InChI=1S/C87H148O17P2/c1-5-9-13-17-21-25-29-33-36-38-40-42-45-48-51-55-59-63-67-71-84(89)97-77-82(103-86(91)73-69-65-61-57-53-47-32-28-24-20-16-12-8-4)79-101-105(93,94)99-75-81(88)76-100-106(95,96)102-80-83(104-87(92)74-70-66-62-58-54-50-44-35-31-27-23-19-15-11-7-3)78-98-85(90)72-68-64-60-56-52-49-46-43-41-39-37-34-30-26-22-18-14-10-6-2/h10,14,16,20-22,25-26,28,32-37,40-44,49,52,81-83,88H,5-9,11-13,15,17-19,23-24,27,29-31,38-39,45-48,50-51,53-80H2,1-4H3,(H,93,94)(H,95,96)/b14-10-,20-16-,25-21-,26-22-,32-28-,36-33-,37-34-,42-40-,43-41-,44-35-,52-49-. The molecule has 608 valence electrons. The average Bonchev–Trinajstić information content (AvgIpc) is 0.933. The molecule has 0 aliphatic carbocycles. The molecule has 0 saturated carbocycles. The van der Waals surface area contributed by atoms with Gasteiger partial charge in [0.05, 0.1) is 26.4 Å². The first-order chi connectivity index (χ1) is 51.7. The molecular weight excluding hydrogens is 1380 g/mol. The van der Waals surface area contributed by atoms with Crippen LogP contribution in [-0.2, 0) is 65.4 Å². The van der Waals surface area contributed by atoms with E-state index in [9.17, 15) is 43.2 Å². The number of carbonyl (C=O) groups is 4. The summed E-state index contributed by atoms with van der Waals surface area (Å²) in [7, 11) is -9.98. The summed E-state index contributed by atoms with van der Waals surface area (Å²) < 4.78 is 68.7. The fourth-order valence-corrected chi connectivity index (χ4v) is 12.3. The number of hydrogen-bond donors (Lipinski definition) is 3. The molecule has 19 heteroatoms. The Morgan fingerprint density at radius 3 is 0.830 bits per heavy atom. The van der Waals surface area contributed by atoms with E-state index >= 15 is 0 Å². The van der Waals surface area contributed by atoms with Gasteiger partial charge in [-0.25, -0.2) is 9.13 Å². The second-order valence-electron chi connectivity index (χ2n) is 27.3. The molecule has 0 aromatic carbocycles.